The van der Waals surface area contributed by atoms with Crippen LogP contribution in [0.1, 0.15) is 17.2 Å². The quantitative estimate of drug-likeness (QED) is 0.874. The lowest BCUT2D eigenvalue weighted by Crippen LogP contribution is -2.12. The Hall–Kier alpha value is -0.580. The van der Waals surface area contributed by atoms with Gasteiger partial charge >= 0.3 is 5.97 Å². The molecule has 0 spiro atoms. The molecule has 0 amide bonds. The van der Waals surface area contributed by atoms with E-state index in [1.54, 1.807) is 19.1 Å². The number of carboxylic acids is 1. The van der Waals surface area contributed by atoms with Crippen molar-refractivity contribution >= 4 is 33.5 Å². The van der Waals surface area contributed by atoms with E-state index >= 15 is 0 Å². The summed E-state index contributed by atoms with van der Waals surface area (Å²) in [6.07, 6.45) is -1.53. The van der Waals surface area contributed by atoms with Gasteiger partial charge in [0, 0.05) is 15.1 Å². The monoisotopic (exact) mass is 278 g/mol. The van der Waals surface area contributed by atoms with Gasteiger partial charge in [-0.15, -0.1) is 0 Å². The maximum absolute atomic E-state index is 10.6. The topological polar surface area (TPSA) is 57.5 Å². The molecule has 0 fully saturated rings. The van der Waals surface area contributed by atoms with Crippen LogP contribution in [-0.2, 0) is 4.79 Å². The van der Waals surface area contributed by atoms with Gasteiger partial charge < -0.3 is 10.2 Å². The van der Waals surface area contributed by atoms with Crippen LogP contribution in [0.2, 0.25) is 5.02 Å². The van der Waals surface area contributed by atoms with Gasteiger partial charge in [-0.2, -0.15) is 0 Å². The van der Waals surface area contributed by atoms with Gasteiger partial charge in [-0.25, -0.2) is 4.79 Å². The average molecular weight is 280 g/mol. The van der Waals surface area contributed by atoms with Gasteiger partial charge in [0.05, 0.1) is 0 Å². The van der Waals surface area contributed by atoms with E-state index in [9.17, 15) is 9.90 Å². The number of aryl methyl sites for hydroxylation is 1. The molecular formula is C9H8BrClO3. The highest BCUT2D eigenvalue weighted by atomic mass is 79.9. The summed E-state index contributed by atoms with van der Waals surface area (Å²) in [6, 6.07) is 3.16. The minimum Gasteiger partial charge on any atom is -0.479 e. The summed E-state index contributed by atoms with van der Waals surface area (Å²) in [5.74, 6) is -1.28. The molecule has 0 aliphatic heterocycles. The molecule has 1 rings (SSSR count). The first kappa shape index (κ1) is 11.5. The van der Waals surface area contributed by atoms with E-state index in [0.717, 1.165) is 0 Å². The predicted octanol–water partition coefficient (Wildman–Crippen LogP) is 2.53. The van der Waals surface area contributed by atoms with Crippen molar-refractivity contribution < 1.29 is 15.0 Å². The van der Waals surface area contributed by atoms with Crippen LogP contribution >= 0.6 is 27.5 Å². The molecule has 0 aliphatic rings. The van der Waals surface area contributed by atoms with Gasteiger partial charge in [-0.1, -0.05) is 27.5 Å². The molecule has 0 saturated carbocycles. The van der Waals surface area contributed by atoms with Gasteiger partial charge in [-0.3, -0.25) is 0 Å². The van der Waals surface area contributed by atoms with E-state index in [1.165, 1.54) is 0 Å². The molecular weight excluding hydrogens is 271 g/mol. The molecule has 0 aromatic heterocycles. The Balaban J connectivity index is 3.27. The fraction of sp³-hybridized carbons (Fsp3) is 0.222. The lowest BCUT2D eigenvalue weighted by molar-refractivity contribution is -0.147. The fourth-order valence-corrected chi connectivity index (χ4v) is 2.36. The predicted molar refractivity (Wildman–Crippen MR) is 56.5 cm³/mol. The first-order valence-corrected chi connectivity index (χ1v) is 4.97. The van der Waals surface area contributed by atoms with Crippen LogP contribution in [0.25, 0.3) is 0 Å². The minimum absolute atomic E-state index is 0.335. The summed E-state index contributed by atoms with van der Waals surface area (Å²) in [4.78, 5) is 10.6. The van der Waals surface area contributed by atoms with E-state index in [-0.39, 0.29) is 0 Å². The number of hydrogen-bond acceptors (Lipinski definition) is 2. The van der Waals surface area contributed by atoms with Crippen LogP contribution in [0.5, 0.6) is 0 Å². The number of carbonyl (C=O) groups is 1. The summed E-state index contributed by atoms with van der Waals surface area (Å²) in [6.45, 7) is 1.69. The van der Waals surface area contributed by atoms with Crippen molar-refractivity contribution in [1.82, 2.24) is 0 Å². The highest BCUT2D eigenvalue weighted by molar-refractivity contribution is 9.10. The van der Waals surface area contributed by atoms with Crippen molar-refractivity contribution in [3.05, 3.63) is 32.8 Å². The molecule has 0 radical (unpaired) electrons. The van der Waals surface area contributed by atoms with Gasteiger partial charge in [0.15, 0.2) is 6.10 Å². The third-order valence-corrected chi connectivity index (χ3v) is 2.68. The van der Waals surface area contributed by atoms with Crippen LogP contribution in [0, 0.1) is 6.92 Å². The molecule has 2 N–H and O–H groups in total. The van der Waals surface area contributed by atoms with Crippen molar-refractivity contribution in [3.63, 3.8) is 0 Å². The van der Waals surface area contributed by atoms with Crippen LogP contribution in [-0.4, -0.2) is 16.2 Å². The maximum atomic E-state index is 10.6. The van der Waals surface area contributed by atoms with Crippen molar-refractivity contribution in [3.8, 4) is 0 Å². The van der Waals surface area contributed by atoms with Gasteiger partial charge in [0.1, 0.15) is 0 Å². The van der Waals surface area contributed by atoms with Crippen LogP contribution < -0.4 is 0 Å². The van der Waals surface area contributed by atoms with Gasteiger partial charge in [0.25, 0.3) is 0 Å². The summed E-state index contributed by atoms with van der Waals surface area (Å²) in [7, 11) is 0. The summed E-state index contributed by atoms with van der Waals surface area (Å²) >= 11 is 8.91. The van der Waals surface area contributed by atoms with E-state index in [0.29, 0.717) is 20.6 Å². The molecule has 0 aliphatic carbocycles. The van der Waals surface area contributed by atoms with E-state index in [1.807, 2.05) is 0 Å². The van der Waals surface area contributed by atoms with Gasteiger partial charge in [-0.05, 0) is 24.6 Å². The molecule has 76 valence electrons. The van der Waals surface area contributed by atoms with Crippen molar-refractivity contribution in [2.75, 3.05) is 0 Å². The molecule has 1 aromatic rings. The highest BCUT2D eigenvalue weighted by Gasteiger charge is 2.21. The number of aliphatic hydroxyl groups is 1. The maximum Gasteiger partial charge on any atom is 0.337 e. The number of carboxylic acid groups (broad SMARTS) is 1. The molecule has 0 heterocycles. The molecule has 0 bridgehead atoms. The third kappa shape index (κ3) is 2.26. The summed E-state index contributed by atoms with van der Waals surface area (Å²) in [5, 5.41) is 18.5. The molecule has 1 unspecified atom stereocenters. The smallest absolute Gasteiger partial charge is 0.337 e. The van der Waals surface area contributed by atoms with Crippen molar-refractivity contribution in [2.45, 2.75) is 13.0 Å². The summed E-state index contributed by atoms with van der Waals surface area (Å²) < 4.78 is 0.498. The van der Waals surface area contributed by atoms with Crippen LogP contribution in [0.4, 0.5) is 0 Å². The molecule has 14 heavy (non-hydrogen) atoms. The molecule has 0 saturated heterocycles. The number of aliphatic carboxylic acids is 1. The number of rotatable bonds is 2. The van der Waals surface area contributed by atoms with E-state index in [2.05, 4.69) is 15.9 Å². The Morgan fingerprint density at radius 1 is 1.57 bits per heavy atom. The Labute approximate surface area is 94.4 Å². The third-order valence-electron chi connectivity index (χ3n) is 1.81. The number of hydrogen-bond donors (Lipinski definition) is 2. The number of halogens is 2. The van der Waals surface area contributed by atoms with Crippen molar-refractivity contribution in [2.24, 2.45) is 0 Å². The zero-order valence-corrected chi connectivity index (χ0v) is 9.63. The van der Waals surface area contributed by atoms with Gasteiger partial charge in [0.2, 0.25) is 0 Å². The van der Waals surface area contributed by atoms with E-state index < -0.39 is 12.1 Å². The second-order valence-corrected chi connectivity index (χ2v) is 4.15. The first-order chi connectivity index (χ1) is 6.43. The Bertz CT molecular complexity index is 355. The minimum atomic E-state index is -1.53. The van der Waals surface area contributed by atoms with Crippen molar-refractivity contribution in [1.29, 1.82) is 0 Å². The standard InChI is InChI=1S/C9H8BrClO3/c1-4-2-5(11)3-6(10)7(4)8(12)9(13)14/h2-3,8,12H,1H3,(H,13,14). The first-order valence-electron chi connectivity index (χ1n) is 3.80. The molecule has 3 nitrogen and oxygen atoms in total. The SMILES string of the molecule is Cc1cc(Cl)cc(Br)c1C(O)C(=O)O. The second-order valence-electron chi connectivity index (χ2n) is 2.86. The lowest BCUT2D eigenvalue weighted by Gasteiger charge is -2.12. The summed E-state index contributed by atoms with van der Waals surface area (Å²) in [5.41, 5.74) is 0.973. The Kier molecular flexibility index (Phi) is 3.53. The number of aliphatic hydroxyl groups excluding tert-OH is 1. The molecule has 1 aromatic carbocycles. The lowest BCUT2D eigenvalue weighted by atomic mass is 10.0. The molecule has 1 atom stereocenters. The zero-order valence-electron chi connectivity index (χ0n) is 7.29. The highest BCUT2D eigenvalue weighted by Crippen LogP contribution is 2.30. The Morgan fingerprint density at radius 2 is 2.14 bits per heavy atom. The van der Waals surface area contributed by atoms with Crippen LogP contribution in [0.3, 0.4) is 0 Å². The molecule has 5 heteroatoms. The zero-order chi connectivity index (χ0) is 10.9. The van der Waals surface area contributed by atoms with Crippen LogP contribution in [0.15, 0.2) is 16.6 Å². The normalized spacial score (nSPS) is 12.6. The average Bonchev–Trinajstić information content (AvgIpc) is 2.01. The number of benzene rings is 1. The fourth-order valence-electron chi connectivity index (χ4n) is 1.18. The largest absolute Gasteiger partial charge is 0.479 e. The van der Waals surface area contributed by atoms with E-state index in [4.69, 9.17) is 16.7 Å². The second kappa shape index (κ2) is 4.29. The Morgan fingerprint density at radius 3 is 2.57 bits per heavy atom.